The van der Waals surface area contributed by atoms with E-state index in [2.05, 4.69) is 21.2 Å². The minimum Gasteiger partial charge on any atom is -0.348 e. The summed E-state index contributed by atoms with van der Waals surface area (Å²) in [6.45, 7) is 3.20. The predicted molar refractivity (Wildman–Crippen MR) is 117 cm³/mol. The van der Waals surface area contributed by atoms with Crippen molar-refractivity contribution in [1.82, 2.24) is 5.32 Å². The van der Waals surface area contributed by atoms with Gasteiger partial charge < -0.3 is 5.32 Å². The minimum absolute atomic E-state index is 0.189. The second-order valence-corrected chi connectivity index (χ2v) is 11.6. The first-order chi connectivity index (χ1) is 13.3. The lowest BCUT2D eigenvalue weighted by atomic mass is 10.1. The molecule has 0 heterocycles. The molecule has 2 aromatic rings. The molecule has 0 saturated carbocycles. The van der Waals surface area contributed by atoms with Crippen LogP contribution < -0.4 is 9.62 Å². The smallest absolute Gasteiger partial charge is 0.241 e. The van der Waals surface area contributed by atoms with Gasteiger partial charge in [0.15, 0.2) is 9.84 Å². The second-order valence-electron chi connectivity index (χ2n) is 6.83. The average molecular weight is 503 g/mol. The molecule has 2 aromatic carbocycles. The fourth-order valence-electron chi connectivity index (χ4n) is 2.69. The largest absolute Gasteiger partial charge is 0.348 e. The average Bonchev–Trinajstić information content (AvgIpc) is 2.60. The first-order valence-electron chi connectivity index (χ1n) is 8.62. The molecular weight excluding hydrogens is 480 g/mol. The van der Waals surface area contributed by atoms with Crippen molar-refractivity contribution in [3.05, 3.63) is 58.1 Å². The summed E-state index contributed by atoms with van der Waals surface area (Å²) >= 11 is 3.37. The fourth-order valence-corrected chi connectivity index (χ4v) is 4.41. The van der Waals surface area contributed by atoms with Crippen molar-refractivity contribution >= 4 is 47.4 Å². The van der Waals surface area contributed by atoms with E-state index in [1.807, 2.05) is 6.92 Å². The van der Waals surface area contributed by atoms with Crippen molar-refractivity contribution < 1.29 is 21.6 Å². The van der Waals surface area contributed by atoms with Crippen LogP contribution in [-0.4, -0.2) is 41.8 Å². The zero-order chi connectivity index (χ0) is 22.0. The number of nitrogens with zero attached hydrogens (tertiary/aromatic N) is 1. The Morgan fingerprint density at radius 2 is 1.66 bits per heavy atom. The highest BCUT2D eigenvalue weighted by Gasteiger charge is 2.22. The molecule has 1 amide bonds. The Morgan fingerprint density at radius 1 is 1.07 bits per heavy atom. The number of nitrogens with one attached hydrogen (secondary N) is 1. The van der Waals surface area contributed by atoms with Crippen LogP contribution in [0.3, 0.4) is 0 Å². The first kappa shape index (κ1) is 23.4. The standard InChI is InChI=1S/C19H23BrN2O5S2/c1-13-11-16(7-10-18(13)20)22(29(4,26)27)12-19(23)21-14(2)15-5-8-17(9-6-15)28(3,24)25/h5-11,14H,12H2,1-4H3,(H,21,23)/t14-/m1/s1. The van der Waals surface area contributed by atoms with Crippen LogP contribution in [0.5, 0.6) is 0 Å². The summed E-state index contributed by atoms with van der Waals surface area (Å²) in [6, 6.07) is 10.8. The molecule has 0 aliphatic rings. The summed E-state index contributed by atoms with van der Waals surface area (Å²) < 4.78 is 49.4. The second kappa shape index (κ2) is 8.85. The van der Waals surface area contributed by atoms with Gasteiger partial charge in [-0.2, -0.15) is 0 Å². The number of hydrogen-bond acceptors (Lipinski definition) is 5. The van der Waals surface area contributed by atoms with Crippen LogP contribution in [0.1, 0.15) is 24.1 Å². The van der Waals surface area contributed by atoms with E-state index in [-0.39, 0.29) is 11.4 Å². The topological polar surface area (TPSA) is 101 Å². The number of sulfone groups is 1. The highest BCUT2D eigenvalue weighted by molar-refractivity contribution is 9.10. The number of hydrogen-bond donors (Lipinski definition) is 1. The van der Waals surface area contributed by atoms with Gasteiger partial charge in [-0.3, -0.25) is 9.10 Å². The van der Waals surface area contributed by atoms with E-state index in [1.165, 1.54) is 12.1 Å². The molecule has 0 aliphatic heterocycles. The van der Waals surface area contributed by atoms with Crippen molar-refractivity contribution in [3.63, 3.8) is 0 Å². The lowest BCUT2D eigenvalue weighted by Crippen LogP contribution is -2.41. The van der Waals surface area contributed by atoms with Crippen LogP contribution >= 0.6 is 15.9 Å². The molecule has 0 saturated heterocycles. The number of carbonyl (C=O) groups is 1. The molecule has 7 nitrogen and oxygen atoms in total. The Morgan fingerprint density at radius 3 is 2.14 bits per heavy atom. The molecule has 0 radical (unpaired) electrons. The third kappa shape index (κ3) is 6.28. The predicted octanol–water partition coefficient (Wildman–Crippen LogP) is 2.80. The van der Waals surface area contributed by atoms with Gasteiger partial charge in [-0.25, -0.2) is 16.8 Å². The third-order valence-electron chi connectivity index (χ3n) is 4.30. The number of amides is 1. The van der Waals surface area contributed by atoms with E-state index in [4.69, 9.17) is 0 Å². The van der Waals surface area contributed by atoms with Gasteiger partial charge in [0, 0.05) is 10.7 Å². The quantitative estimate of drug-likeness (QED) is 0.627. The molecule has 0 bridgehead atoms. The zero-order valence-electron chi connectivity index (χ0n) is 16.5. The van der Waals surface area contributed by atoms with Crippen LogP contribution in [0.25, 0.3) is 0 Å². The molecule has 0 aromatic heterocycles. The highest BCUT2D eigenvalue weighted by atomic mass is 79.9. The number of rotatable bonds is 7. The SMILES string of the molecule is Cc1cc(N(CC(=O)N[C@H](C)c2ccc(S(C)(=O)=O)cc2)S(C)(=O)=O)ccc1Br. The van der Waals surface area contributed by atoms with Crippen LogP contribution in [0, 0.1) is 6.92 Å². The van der Waals surface area contributed by atoms with Gasteiger partial charge >= 0.3 is 0 Å². The molecule has 0 spiro atoms. The Labute approximate surface area is 180 Å². The Balaban J connectivity index is 2.16. The Hall–Kier alpha value is -1.91. The minimum atomic E-state index is -3.67. The maximum atomic E-state index is 12.5. The highest BCUT2D eigenvalue weighted by Crippen LogP contribution is 2.24. The molecule has 0 unspecified atom stereocenters. The van der Waals surface area contributed by atoms with E-state index < -0.39 is 31.8 Å². The maximum Gasteiger partial charge on any atom is 0.241 e. The molecule has 10 heteroatoms. The Kier molecular flexibility index (Phi) is 7.13. The molecule has 158 valence electrons. The van der Waals surface area contributed by atoms with E-state index in [0.29, 0.717) is 11.3 Å². The van der Waals surface area contributed by atoms with Crippen molar-refractivity contribution in [1.29, 1.82) is 0 Å². The van der Waals surface area contributed by atoms with Gasteiger partial charge in [0.1, 0.15) is 6.54 Å². The van der Waals surface area contributed by atoms with Crippen molar-refractivity contribution in [2.45, 2.75) is 24.8 Å². The van der Waals surface area contributed by atoms with Crippen molar-refractivity contribution in [2.24, 2.45) is 0 Å². The van der Waals surface area contributed by atoms with Gasteiger partial charge in [-0.15, -0.1) is 0 Å². The summed E-state index contributed by atoms with van der Waals surface area (Å²) in [5, 5.41) is 2.75. The molecule has 2 rings (SSSR count). The number of anilines is 1. The summed E-state index contributed by atoms with van der Waals surface area (Å²) in [6.07, 6.45) is 2.17. The monoisotopic (exact) mass is 502 g/mol. The molecule has 1 atom stereocenters. The number of carbonyl (C=O) groups excluding carboxylic acids is 1. The first-order valence-corrected chi connectivity index (χ1v) is 13.2. The van der Waals surface area contributed by atoms with Crippen molar-refractivity contribution in [2.75, 3.05) is 23.4 Å². The zero-order valence-corrected chi connectivity index (χ0v) is 19.7. The molecule has 29 heavy (non-hydrogen) atoms. The summed E-state index contributed by atoms with van der Waals surface area (Å²) in [5.41, 5.74) is 1.94. The maximum absolute atomic E-state index is 12.5. The Bertz CT molecular complexity index is 1110. The van der Waals surface area contributed by atoms with E-state index in [1.54, 1.807) is 37.3 Å². The van der Waals surface area contributed by atoms with Crippen LogP contribution in [-0.2, 0) is 24.7 Å². The van der Waals surface area contributed by atoms with Gasteiger partial charge in [0.2, 0.25) is 15.9 Å². The van der Waals surface area contributed by atoms with E-state index in [0.717, 1.165) is 26.9 Å². The van der Waals surface area contributed by atoms with Gasteiger partial charge in [-0.1, -0.05) is 28.1 Å². The van der Waals surface area contributed by atoms with Gasteiger partial charge in [-0.05, 0) is 55.3 Å². The summed E-state index contributed by atoms with van der Waals surface area (Å²) in [5.74, 6) is -0.476. The number of sulfonamides is 1. The lowest BCUT2D eigenvalue weighted by Gasteiger charge is -2.24. The number of aryl methyl sites for hydroxylation is 1. The van der Waals surface area contributed by atoms with E-state index in [9.17, 15) is 21.6 Å². The normalized spacial score (nSPS) is 13.0. The number of halogens is 1. The lowest BCUT2D eigenvalue weighted by molar-refractivity contribution is -0.120. The molecule has 0 aliphatic carbocycles. The summed E-state index contributed by atoms with van der Waals surface area (Å²) in [7, 11) is -6.98. The van der Waals surface area contributed by atoms with Crippen LogP contribution in [0.2, 0.25) is 0 Å². The fraction of sp³-hybridized carbons (Fsp3) is 0.316. The van der Waals surface area contributed by atoms with Crippen LogP contribution in [0.15, 0.2) is 51.8 Å². The van der Waals surface area contributed by atoms with Gasteiger partial charge in [0.25, 0.3) is 0 Å². The van der Waals surface area contributed by atoms with Crippen LogP contribution in [0.4, 0.5) is 5.69 Å². The van der Waals surface area contributed by atoms with E-state index >= 15 is 0 Å². The third-order valence-corrected chi connectivity index (χ3v) is 7.46. The number of benzene rings is 2. The van der Waals surface area contributed by atoms with Gasteiger partial charge in [0.05, 0.1) is 22.9 Å². The summed E-state index contributed by atoms with van der Waals surface area (Å²) in [4.78, 5) is 12.7. The molecule has 0 fully saturated rings. The van der Waals surface area contributed by atoms with Crippen molar-refractivity contribution in [3.8, 4) is 0 Å². The molecule has 1 N–H and O–H groups in total. The molecular formula is C19H23BrN2O5S2.